The number of imide groups is 1. The van der Waals surface area contributed by atoms with Gasteiger partial charge >= 0.3 is 6.03 Å². The fraction of sp³-hybridized carbons (Fsp3) is 0.375. The Balaban J connectivity index is 0.000000182. The summed E-state index contributed by atoms with van der Waals surface area (Å²) in [6, 6.07) is 14.3. The number of amides is 4. The first-order chi connectivity index (χ1) is 15.4. The van der Waals surface area contributed by atoms with E-state index in [1.54, 1.807) is 25.1 Å². The molecule has 6 nitrogen and oxygen atoms in total. The molecule has 2 fully saturated rings. The molecule has 4 rings (SSSR count). The molecule has 2 aliphatic rings. The molecule has 2 atom stereocenters. The van der Waals surface area contributed by atoms with Crippen LogP contribution in [0.4, 0.5) is 4.79 Å². The molecule has 1 aliphatic carbocycles. The van der Waals surface area contributed by atoms with E-state index in [0.29, 0.717) is 28.2 Å². The summed E-state index contributed by atoms with van der Waals surface area (Å²) in [4.78, 5) is 37.6. The average molecular weight is 476 g/mol. The maximum Gasteiger partial charge on any atom is 0.325 e. The summed E-state index contributed by atoms with van der Waals surface area (Å²) in [5, 5.41) is 3.31. The molecule has 32 heavy (non-hydrogen) atoms. The van der Waals surface area contributed by atoms with Gasteiger partial charge in [0.1, 0.15) is 6.04 Å². The van der Waals surface area contributed by atoms with Gasteiger partial charge in [0.15, 0.2) is 0 Å². The highest BCUT2D eigenvalue weighted by Crippen LogP contribution is 2.35. The highest BCUT2D eigenvalue weighted by Gasteiger charge is 2.39. The SMILES string of the molecule is CC(C1CC1)N(C=O)Cc1ccccc1.CCN1C(=O)NC(c2c(Cl)cccc2Cl)C1=O. The van der Waals surface area contributed by atoms with Gasteiger partial charge < -0.3 is 10.2 Å². The van der Waals surface area contributed by atoms with Gasteiger partial charge in [-0.3, -0.25) is 14.5 Å². The van der Waals surface area contributed by atoms with Crippen LogP contribution in [-0.2, 0) is 16.1 Å². The first kappa shape index (κ1) is 24.1. The number of hydrogen-bond donors (Lipinski definition) is 1. The smallest absolute Gasteiger partial charge is 0.325 e. The van der Waals surface area contributed by atoms with Crippen molar-refractivity contribution in [2.75, 3.05) is 6.54 Å². The minimum atomic E-state index is -0.788. The van der Waals surface area contributed by atoms with Crippen LogP contribution in [0.5, 0.6) is 0 Å². The number of carbonyl (C=O) groups excluding carboxylic acids is 3. The molecule has 2 aromatic rings. The summed E-state index contributed by atoms with van der Waals surface area (Å²) in [5.74, 6) is 0.409. The molecule has 0 bridgehead atoms. The summed E-state index contributed by atoms with van der Waals surface area (Å²) in [6.07, 6.45) is 3.54. The van der Waals surface area contributed by atoms with Gasteiger partial charge in [-0.2, -0.15) is 0 Å². The van der Waals surface area contributed by atoms with Crippen LogP contribution >= 0.6 is 23.2 Å². The van der Waals surface area contributed by atoms with E-state index in [-0.39, 0.29) is 5.91 Å². The maximum absolute atomic E-state index is 12.0. The molecule has 2 aromatic carbocycles. The summed E-state index contributed by atoms with van der Waals surface area (Å²) in [5.41, 5.74) is 1.65. The number of nitrogens with zero attached hydrogens (tertiary/aromatic N) is 2. The van der Waals surface area contributed by atoms with Gasteiger partial charge in [-0.25, -0.2) is 4.79 Å². The normalized spacial score (nSPS) is 18.5. The van der Waals surface area contributed by atoms with Gasteiger partial charge in [0.2, 0.25) is 6.41 Å². The summed E-state index contributed by atoms with van der Waals surface area (Å²) in [7, 11) is 0. The second-order valence-electron chi connectivity index (χ2n) is 7.94. The van der Waals surface area contributed by atoms with Crippen LogP contribution in [0.2, 0.25) is 10.0 Å². The van der Waals surface area contributed by atoms with Crippen molar-refractivity contribution in [1.82, 2.24) is 15.1 Å². The third kappa shape index (κ3) is 5.61. The highest BCUT2D eigenvalue weighted by atomic mass is 35.5. The molecule has 1 aliphatic heterocycles. The quantitative estimate of drug-likeness (QED) is 0.449. The van der Waals surface area contributed by atoms with E-state index >= 15 is 0 Å². The van der Waals surface area contributed by atoms with E-state index in [9.17, 15) is 14.4 Å². The van der Waals surface area contributed by atoms with E-state index in [2.05, 4.69) is 24.4 Å². The molecule has 1 saturated carbocycles. The van der Waals surface area contributed by atoms with Gasteiger partial charge in [0.05, 0.1) is 0 Å². The predicted molar refractivity (Wildman–Crippen MR) is 125 cm³/mol. The van der Waals surface area contributed by atoms with Gasteiger partial charge in [-0.15, -0.1) is 0 Å². The molecular weight excluding hydrogens is 449 g/mol. The monoisotopic (exact) mass is 475 g/mol. The molecule has 2 unspecified atom stereocenters. The van der Waals surface area contributed by atoms with Crippen LogP contribution in [-0.4, -0.2) is 40.7 Å². The number of halogens is 2. The van der Waals surface area contributed by atoms with Crippen molar-refractivity contribution in [3.8, 4) is 0 Å². The minimum Gasteiger partial charge on any atom is -0.338 e. The standard InChI is InChI=1S/C13H17NO.C11H10Cl2N2O2/c1-11(13-7-8-13)14(10-15)9-12-5-3-2-4-6-12;1-2-15-10(16)9(14-11(15)17)8-6(12)4-3-5-7(8)13/h2-6,10-11,13H,7-9H2,1H3;3-5,9H,2H2,1H3,(H,14,17). The van der Waals surface area contributed by atoms with Crippen molar-refractivity contribution in [2.45, 2.75) is 45.3 Å². The fourth-order valence-corrected chi connectivity index (χ4v) is 4.34. The topological polar surface area (TPSA) is 69.7 Å². The molecule has 0 radical (unpaired) electrons. The predicted octanol–water partition coefficient (Wildman–Crippen LogP) is 5.05. The van der Waals surface area contributed by atoms with E-state index in [1.807, 2.05) is 23.1 Å². The second kappa shape index (κ2) is 10.8. The molecule has 0 spiro atoms. The average Bonchev–Trinajstić information content (AvgIpc) is 3.59. The number of urea groups is 1. The van der Waals surface area contributed by atoms with E-state index in [1.165, 1.54) is 18.4 Å². The largest absolute Gasteiger partial charge is 0.338 e. The Labute approximate surface area is 198 Å². The molecule has 170 valence electrons. The van der Waals surface area contributed by atoms with Crippen molar-refractivity contribution in [2.24, 2.45) is 5.92 Å². The van der Waals surface area contributed by atoms with Crippen LogP contribution in [0.25, 0.3) is 0 Å². The number of rotatable bonds is 7. The molecule has 1 heterocycles. The zero-order chi connectivity index (χ0) is 23.3. The number of likely N-dealkylation sites (N-methyl/N-ethyl adjacent to an activating group) is 1. The van der Waals surface area contributed by atoms with Crippen molar-refractivity contribution in [3.63, 3.8) is 0 Å². The number of hydrogen-bond acceptors (Lipinski definition) is 3. The Hall–Kier alpha value is -2.57. The third-order valence-electron chi connectivity index (χ3n) is 5.80. The first-order valence-corrected chi connectivity index (χ1v) is 11.4. The highest BCUT2D eigenvalue weighted by molar-refractivity contribution is 6.36. The second-order valence-corrected chi connectivity index (χ2v) is 8.76. The Kier molecular flexibility index (Phi) is 8.15. The third-order valence-corrected chi connectivity index (χ3v) is 6.46. The van der Waals surface area contributed by atoms with Crippen LogP contribution in [0, 0.1) is 5.92 Å². The van der Waals surface area contributed by atoms with Crippen LogP contribution in [0.1, 0.15) is 43.9 Å². The van der Waals surface area contributed by atoms with E-state index in [4.69, 9.17) is 23.2 Å². The van der Waals surface area contributed by atoms with Gasteiger partial charge in [-0.1, -0.05) is 59.6 Å². The lowest BCUT2D eigenvalue weighted by Crippen LogP contribution is -2.32. The van der Waals surface area contributed by atoms with Crippen LogP contribution in [0.15, 0.2) is 48.5 Å². The Morgan fingerprint density at radius 1 is 1.09 bits per heavy atom. The summed E-state index contributed by atoms with van der Waals surface area (Å²) in [6.45, 7) is 4.94. The molecule has 8 heteroatoms. The molecule has 1 N–H and O–H groups in total. The molecule has 4 amide bonds. The van der Waals surface area contributed by atoms with Crippen molar-refractivity contribution in [3.05, 3.63) is 69.7 Å². The number of benzene rings is 2. The van der Waals surface area contributed by atoms with Gasteiger partial charge in [0.25, 0.3) is 5.91 Å². The summed E-state index contributed by atoms with van der Waals surface area (Å²) < 4.78 is 0. The van der Waals surface area contributed by atoms with E-state index in [0.717, 1.165) is 23.8 Å². The van der Waals surface area contributed by atoms with E-state index < -0.39 is 12.1 Å². The lowest BCUT2D eigenvalue weighted by molar-refractivity contribution is -0.127. The lowest BCUT2D eigenvalue weighted by atomic mass is 10.1. The number of carbonyl (C=O) groups is 3. The van der Waals surface area contributed by atoms with Crippen LogP contribution in [0.3, 0.4) is 0 Å². The summed E-state index contributed by atoms with van der Waals surface area (Å²) >= 11 is 12.0. The maximum atomic E-state index is 12.0. The number of nitrogens with one attached hydrogen (secondary N) is 1. The zero-order valence-electron chi connectivity index (χ0n) is 18.1. The van der Waals surface area contributed by atoms with Crippen LogP contribution < -0.4 is 5.32 Å². The van der Waals surface area contributed by atoms with Gasteiger partial charge in [0, 0.05) is 34.7 Å². The van der Waals surface area contributed by atoms with Crippen molar-refractivity contribution < 1.29 is 14.4 Å². The minimum absolute atomic E-state index is 0.323. The fourth-order valence-electron chi connectivity index (χ4n) is 3.72. The van der Waals surface area contributed by atoms with Gasteiger partial charge in [-0.05, 0) is 50.3 Å². The van der Waals surface area contributed by atoms with Crippen molar-refractivity contribution >= 4 is 41.6 Å². The molecule has 1 saturated heterocycles. The Morgan fingerprint density at radius 2 is 1.72 bits per heavy atom. The van der Waals surface area contributed by atoms with Crippen molar-refractivity contribution in [1.29, 1.82) is 0 Å². The lowest BCUT2D eigenvalue weighted by Gasteiger charge is -2.25. The zero-order valence-corrected chi connectivity index (χ0v) is 19.6. The Morgan fingerprint density at radius 3 is 2.22 bits per heavy atom. The molecular formula is C24H27Cl2N3O3. The molecule has 0 aromatic heterocycles. The first-order valence-electron chi connectivity index (χ1n) is 10.7. The Bertz CT molecular complexity index is 946.